The molecule has 0 unspecified atom stereocenters. The van der Waals surface area contributed by atoms with Crippen molar-refractivity contribution in [2.24, 2.45) is 52.3 Å². The molecule has 5 rings (SSSR count). The molecule has 0 aromatic carbocycles. The van der Waals surface area contributed by atoms with Crippen molar-refractivity contribution < 1.29 is 14.3 Å². The Kier molecular flexibility index (Phi) is 6.10. The number of fused-ring (bicyclic) bond motifs is 6. The van der Waals surface area contributed by atoms with Gasteiger partial charge in [-0.25, -0.2) is 0 Å². The Bertz CT molecular complexity index is 709. The fourth-order valence-corrected chi connectivity index (χ4v) is 9.92. The summed E-state index contributed by atoms with van der Waals surface area (Å²) in [5, 5.41) is 0. The van der Waals surface area contributed by atoms with Gasteiger partial charge in [0.25, 0.3) is 0 Å². The maximum absolute atomic E-state index is 12.5. The molecule has 0 bridgehead atoms. The summed E-state index contributed by atoms with van der Waals surface area (Å²) < 4.78 is 12.9. The third-order valence-corrected chi connectivity index (χ3v) is 11.5. The number of carbonyl (C=O) groups excluding carboxylic acids is 1. The van der Waals surface area contributed by atoms with Crippen molar-refractivity contribution in [3.05, 3.63) is 0 Å². The van der Waals surface area contributed by atoms with Crippen molar-refractivity contribution in [2.45, 2.75) is 111 Å². The van der Waals surface area contributed by atoms with E-state index in [2.05, 4.69) is 34.6 Å². The molecule has 1 saturated heterocycles. The molecular weight excluding hydrogens is 396 g/mol. The van der Waals surface area contributed by atoms with Crippen LogP contribution in [0.3, 0.4) is 0 Å². The maximum Gasteiger partial charge on any atom is 0.172 e. The number of carbonyl (C=O) groups is 1. The van der Waals surface area contributed by atoms with Crippen LogP contribution in [-0.2, 0) is 14.3 Å². The monoisotopic (exact) mass is 444 g/mol. The van der Waals surface area contributed by atoms with E-state index in [1.807, 2.05) is 0 Å². The summed E-state index contributed by atoms with van der Waals surface area (Å²) >= 11 is 0. The summed E-state index contributed by atoms with van der Waals surface area (Å²) in [5.41, 5.74) is 0.676. The summed E-state index contributed by atoms with van der Waals surface area (Å²) in [6.07, 6.45) is 13.3. The highest BCUT2D eigenvalue weighted by Gasteiger charge is 2.67. The molecule has 182 valence electrons. The minimum absolute atomic E-state index is 0.198. The van der Waals surface area contributed by atoms with E-state index in [-0.39, 0.29) is 11.3 Å². The molecule has 8 atom stereocenters. The summed E-state index contributed by atoms with van der Waals surface area (Å²) in [5.74, 6) is 5.00. The van der Waals surface area contributed by atoms with Crippen LogP contribution in [0.25, 0.3) is 0 Å². The van der Waals surface area contributed by atoms with Gasteiger partial charge in [-0.2, -0.15) is 0 Å². The van der Waals surface area contributed by atoms with E-state index in [9.17, 15) is 4.79 Å². The second-order valence-electron chi connectivity index (χ2n) is 13.4. The lowest BCUT2D eigenvalue weighted by Gasteiger charge is -2.64. The molecule has 32 heavy (non-hydrogen) atoms. The first-order valence-electron chi connectivity index (χ1n) is 14.0. The Labute approximate surface area is 196 Å². The number of Topliss-reactive ketones (excluding diaryl/α,β-unsaturated/α-hetero) is 1. The van der Waals surface area contributed by atoms with E-state index < -0.39 is 5.79 Å². The minimum Gasteiger partial charge on any atom is -0.347 e. The molecule has 0 aromatic rings. The zero-order valence-corrected chi connectivity index (χ0v) is 21.5. The van der Waals surface area contributed by atoms with Crippen LogP contribution in [0.2, 0.25) is 0 Å². The molecule has 4 aliphatic carbocycles. The Morgan fingerprint density at radius 3 is 2.38 bits per heavy atom. The van der Waals surface area contributed by atoms with Gasteiger partial charge in [0.05, 0.1) is 13.2 Å². The zero-order valence-electron chi connectivity index (χ0n) is 21.5. The average molecular weight is 445 g/mol. The second-order valence-corrected chi connectivity index (χ2v) is 13.4. The second kappa shape index (κ2) is 8.36. The van der Waals surface area contributed by atoms with Crippen LogP contribution in [0.5, 0.6) is 0 Å². The molecule has 5 fully saturated rings. The maximum atomic E-state index is 12.5. The number of hydrogen-bond acceptors (Lipinski definition) is 3. The van der Waals surface area contributed by atoms with Crippen molar-refractivity contribution in [1.29, 1.82) is 0 Å². The molecule has 3 heteroatoms. The van der Waals surface area contributed by atoms with Crippen molar-refractivity contribution in [3.63, 3.8) is 0 Å². The lowest BCUT2D eigenvalue weighted by atomic mass is 9.43. The van der Waals surface area contributed by atoms with E-state index in [1.165, 1.54) is 44.9 Å². The Balaban J connectivity index is 1.40. The first-order chi connectivity index (χ1) is 15.2. The summed E-state index contributed by atoms with van der Waals surface area (Å²) in [6, 6.07) is 0. The van der Waals surface area contributed by atoms with Crippen molar-refractivity contribution in [2.75, 3.05) is 13.2 Å². The predicted molar refractivity (Wildman–Crippen MR) is 128 cm³/mol. The van der Waals surface area contributed by atoms with Crippen molar-refractivity contribution in [1.82, 2.24) is 0 Å². The van der Waals surface area contributed by atoms with E-state index in [0.717, 1.165) is 48.9 Å². The Hall–Kier alpha value is -0.410. The summed E-state index contributed by atoms with van der Waals surface area (Å²) in [7, 11) is 0. The van der Waals surface area contributed by atoms with Gasteiger partial charge in [-0.3, -0.25) is 4.79 Å². The zero-order chi connectivity index (χ0) is 22.7. The normalized spacial score (nSPS) is 46.2. The van der Waals surface area contributed by atoms with Gasteiger partial charge in [-0.15, -0.1) is 0 Å². The van der Waals surface area contributed by atoms with Gasteiger partial charge >= 0.3 is 0 Å². The van der Waals surface area contributed by atoms with Crippen LogP contribution in [0.1, 0.15) is 105 Å². The number of ketones is 1. The van der Waals surface area contributed by atoms with Gasteiger partial charge in [0.15, 0.2) is 5.79 Å². The van der Waals surface area contributed by atoms with Gasteiger partial charge < -0.3 is 9.47 Å². The lowest BCUT2D eigenvalue weighted by molar-refractivity contribution is -0.289. The standard InChI is InChI=1S/C29H48O3/c1-19(2)7-6-8-20(3)23-9-10-24-22-18-29(31-15-16-32-29)26-17-21(30)11-13-28(26,5)25(22)12-14-27(23,24)4/h19-20,22-26H,6-18H2,1-5H3/t20-,22+,23-,24+,25+,26+,27-,28-/m1/s1. The quantitative estimate of drug-likeness (QED) is 0.456. The summed E-state index contributed by atoms with van der Waals surface area (Å²) in [4.78, 5) is 12.5. The van der Waals surface area contributed by atoms with Crippen LogP contribution < -0.4 is 0 Å². The molecule has 3 nitrogen and oxygen atoms in total. The Morgan fingerprint density at radius 2 is 1.66 bits per heavy atom. The van der Waals surface area contributed by atoms with E-state index in [0.29, 0.717) is 36.8 Å². The van der Waals surface area contributed by atoms with Gasteiger partial charge in [0, 0.05) is 25.2 Å². The molecular formula is C29H48O3. The predicted octanol–water partition coefficient (Wildman–Crippen LogP) is 7.03. The van der Waals surface area contributed by atoms with Gasteiger partial charge in [0.1, 0.15) is 5.78 Å². The summed E-state index contributed by atoms with van der Waals surface area (Å²) in [6.45, 7) is 13.9. The highest BCUT2D eigenvalue weighted by molar-refractivity contribution is 5.80. The Morgan fingerprint density at radius 1 is 0.938 bits per heavy atom. The average Bonchev–Trinajstić information content (AvgIpc) is 3.34. The van der Waals surface area contributed by atoms with Gasteiger partial charge in [-0.05, 0) is 78.4 Å². The third-order valence-electron chi connectivity index (χ3n) is 11.5. The molecule has 0 amide bonds. The van der Waals surface area contributed by atoms with E-state index >= 15 is 0 Å². The molecule has 0 N–H and O–H groups in total. The third kappa shape index (κ3) is 3.55. The van der Waals surface area contributed by atoms with Crippen LogP contribution >= 0.6 is 0 Å². The molecule has 0 aromatic heterocycles. The van der Waals surface area contributed by atoms with Crippen LogP contribution in [-0.4, -0.2) is 24.8 Å². The van der Waals surface area contributed by atoms with Crippen LogP contribution in [0.4, 0.5) is 0 Å². The first kappa shape index (κ1) is 23.3. The fourth-order valence-electron chi connectivity index (χ4n) is 9.92. The van der Waals surface area contributed by atoms with Crippen molar-refractivity contribution in [3.8, 4) is 0 Å². The molecule has 5 aliphatic rings. The first-order valence-corrected chi connectivity index (χ1v) is 14.0. The molecule has 1 aliphatic heterocycles. The number of rotatable bonds is 5. The van der Waals surface area contributed by atoms with Crippen LogP contribution in [0, 0.1) is 52.3 Å². The smallest absolute Gasteiger partial charge is 0.172 e. The highest BCUT2D eigenvalue weighted by atomic mass is 16.7. The SMILES string of the molecule is CC(C)CCC[C@@H](C)[C@H]1CC[C@H]2[C@@H]3CC4(OCCO4)[C@H]4CC(=O)CC[C@]4(C)[C@H]3CC[C@]12C. The molecule has 0 radical (unpaired) electrons. The lowest BCUT2D eigenvalue weighted by Crippen LogP contribution is -2.63. The van der Waals surface area contributed by atoms with Gasteiger partial charge in [0.2, 0.25) is 0 Å². The minimum atomic E-state index is -0.481. The van der Waals surface area contributed by atoms with Gasteiger partial charge in [-0.1, -0.05) is 53.9 Å². The number of ether oxygens (including phenoxy) is 2. The molecule has 1 heterocycles. The molecule has 1 spiro atoms. The van der Waals surface area contributed by atoms with E-state index in [4.69, 9.17) is 9.47 Å². The highest BCUT2D eigenvalue weighted by Crippen LogP contribution is 2.70. The largest absolute Gasteiger partial charge is 0.347 e. The van der Waals surface area contributed by atoms with E-state index in [1.54, 1.807) is 0 Å². The topological polar surface area (TPSA) is 35.5 Å². The molecule has 4 saturated carbocycles. The number of hydrogen-bond donors (Lipinski definition) is 0. The van der Waals surface area contributed by atoms with Crippen LogP contribution in [0.15, 0.2) is 0 Å². The fraction of sp³-hybridized carbons (Fsp3) is 0.966. The van der Waals surface area contributed by atoms with Crippen molar-refractivity contribution >= 4 is 5.78 Å².